The molecule has 1 aromatic carbocycles. The van der Waals surface area contributed by atoms with Crippen molar-refractivity contribution in [3.63, 3.8) is 0 Å². The fraction of sp³-hybridized carbons (Fsp3) is 0.286. The Bertz CT molecular complexity index is 598. The van der Waals surface area contributed by atoms with Gasteiger partial charge >= 0.3 is 0 Å². The number of halogens is 1. The van der Waals surface area contributed by atoms with Crippen LogP contribution in [-0.4, -0.2) is 18.2 Å². The van der Waals surface area contributed by atoms with Crippen molar-refractivity contribution in [1.82, 2.24) is 4.98 Å². The van der Waals surface area contributed by atoms with Crippen LogP contribution in [0.25, 0.3) is 16.5 Å². The molecule has 0 saturated heterocycles. The van der Waals surface area contributed by atoms with Crippen LogP contribution in [-0.2, 0) is 11.2 Å². The number of rotatable bonds is 0. The lowest BCUT2D eigenvalue weighted by Gasteiger charge is -2.10. The van der Waals surface area contributed by atoms with Crippen LogP contribution >= 0.6 is 15.9 Å². The lowest BCUT2D eigenvalue weighted by atomic mass is 10.0. The van der Waals surface area contributed by atoms with Gasteiger partial charge in [0.1, 0.15) is 0 Å². The third-order valence-electron chi connectivity index (χ3n) is 3.24. The standard InChI is InChI=1S/C14H14BrNO/c1-9-4-6-17-7-5-13-14(9)11-8-10(15)2-3-12(11)16-13/h2-4,8,16H,5-7H2,1H3/b9-4-. The first-order valence-corrected chi connectivity index (χ1v) is 6.60. The Labute approximate surface area is 109 Å². The summed E-state index contributed by atoms with van der Waals surface area (Å²) in [5, 5.41) is 1.30. The van der Waals surface area contributed by atoms with Crippen LogP contribution in [0.3, 0.4) is 0 Å². The summed E-state index contributed by atoms with van der Waals surface area (Å²) in [7, 11) is 0. The summed E-state index contributed by atoms with van der Waals surface area (Å²) in [5.41, 5.74) is 5.13. The van der Waals surface area contributed by atoms with E-state index in [0.29, 0.717) is 6.61 Å². The quantitative estimate of drug-likeness (QED) is 0.782. The van der Waals surface area contributed by atoms with Crippen LogP contribution in [0.15, 0.2) is 28.7 Å². The van der Waals surface area contributed by atoms with Crippen molar-refractivity contribution in [2.75, 3.05) is 13.2 Å². The van der Waals surface area contributed by atoms with Crippen LogP contribution in [0.5, 0.6) is 0 Å². The minimum Gasteiger partial charge on any atom is -0.377 e. The van der Waals surface area contributed by atoms with Crippen molar-refractivity contribution < 1.29 is 4.74 Å². The fourth-order valence-electron chi connectivity index (χ4n) is 2.40. The average Bonchev–Trinajstić information content (AvgIpc) is 2.62. The van der Waals surface area contributed by atoms with Gasteiger partial charge in [-0.15, -0.1) is 0 Å². The second-order valence-electron chi connectivity index (χ2n) is 4.38. The number of aromatic nitrogens is 1. The molecule has 0 fully saturated rings. The minimum absolute atomic E-state index is 0.714. The highest BCUT2D eigenvalue weighted by Gasteiger charge is 2.14. The molecule has 1 aliphatic rings. The van der Waals surface area contributed by atoms with Gasteiger partial charge < -0.3 is 9.72 Å². The number of hydrogen-bond acceptors (Lipinski definition) is 1. The zero-order valence-corrected chi connectivity index (χ0v) is 11.3. The maximum absolute atomic E-state index is 5.52. The summed E-state index contributed by atoms with van der Waals surface area (Å²) in [6, 6.07) is 6.38. The van der Waals surface area contributed by atoms with Crippen molar-refractivity contribution in [3.8, 4) is 0 Å². The molecule has 0 radical (unpaired) electrons. The Morgan fingerprint density at radius 2 is 2.24 bits per heavy atom. The number of aromatic amines is 1. The van der Waals surface area contributed by atoms with E-state index >= 15 is 0 Å². The largest absolute Gasteiger partial charge is 0.377 e. The topological polar surface area (TPSA) is 25.0 Å². The lowest BCUT2D eigenvalue weighted by Crippen LogP contribution is -2.04. The van der Waals surface area contributed by atoms with E-state index in [2.05, 4.69) is 52.1 Å². The normalized spacial score (nSPS) is 19.3. The number of hydrogen-bond donors (Lipinski definition) is 1. The van der Waals surface area contributed by atoms with Gasteiger partial charge in [0, 0.05) is 33.1 Å². The van der Waals surface area contributed by atoms with E-state index in [0.717, 1.165) is 17.5 Å². The molecule has 88 valence electrons. The molecular formula is C14H14BrNO. The van der Waals surface area contributed by atoms with E-state index in [4.69, 9.17) is 4.74 Å². The Morgan fingerprint density at radius 3 is 3.12 bits per heavy atom. The molecule has 3 heteroatoms. The van der Waals surface area contributed by atoms with Gasteiger partial charge in [-0.2, -0.15) is 0 Å². The second-order valence-corrected chi connectivity index (χ2v) is 5.30. The second kappa shape index (κ2) is 4.31. The molecule has 2 nitrogen and oxygen atoms in total. The van der Waals surface area contributed by atoms with Crippen molar-refractivity contribution in [2.45, 2.75) is 13.3 Å². The Balaban J connectivity index is 2.30. The molecule has 0 atom stereocenters. The molecule has 1 aliphatic heterocycles. The Hall–Kier alpha value is -1.06. The molecule has 3 rings (SSSR count). The molecule has 1 aromatic heterocycles. The van der Waals surface area contributed by atoms with Gasteiger partial charge in [-0.05, 0) is 30.7 Å². The lowest BCUT2D eigenvalue weighted by molar-refractivity contribution is 0.164. The van der Waals surface area contributed by atoms with E-state index < -0.39 is 0 Å². The number of nitrogens with one attached hydrogen (secondary N) is 1. The molecule has 0 amide bonds. The van der Waals surface area contributed by atoms with Crippen molar-refractivity contribution in [2.24, 2.45) is 0 Å². The summed E-state index contributed by atoms with van der Waals surface area (Å²) < 4.78 is 6.64. The zero-order chi connectivity index (χ0) is 11.8. The number of benzene rings is 1. The highest BCUT2D eigenvalue weighted by atomic mass is 79.9. The maximum atomic E-state index is 5.52. The summed E-state index contributed by atoms with van der Waals surface area (Å²) in [6.45, 7) is 3.65. The van der Waals surface area contributed by atoms with Gasteiger partial charge in [0.2, 0.25) is 0 Å². The van der Waals surface area contributed by atoms with Crippen LogP contribution in [0.2, 0.25) is 0 Å². The molecular weight excluding hydrogens is 278 g/mol. The third-order valence-corrected chi connectivity index (χ3v) is 3.73. The monoisotopic (exact) mass is 291 g/mol. The molecule has 1 N–H and O–H groups in total. The highest BCUT2D eigenvalue weighted by molar-refractivity contribution is 9.10. The first kappa shape index (κ1) is 11.1. The molecule has 2 aromatic rings. The van der Waals surface area contributed by atoms with Gasteiger partial charge in [0.15, 0.2) is 0 Å². The predicted octanol–water partition coefficient (Wildman–Crippen LogP) is 3.91. The third kappa shape index (κ3) is 1.94. The Kier molecular flexibility index (Phi) is 2.81. The zero-order valence-electron chi connectivity index (χ0n) is 9.72. The number of fused-ring (bicyclic) bond motifs is 3. The summed E-state index contributed by atoms with van der Waals surface area (Å²) >= 11 is 3.54. The summed E-state index contributed by atoms with van der Waals surface area (Å²) in [5.74, 6) is 0. The molecule has 2 heterocycles. The van der Waals surface area contributed by atoms with E-state index in [1.807, 2.05) is 0 Å². The van der Waals surface area contributed by atoms with Gasteiger partial charge in [0.05, 0.1) is 13.2 Å². The van der Waals surface area contributed by atoms with Gasteiger partial charge in [-0.3, -0.25) is 0 Å². The molecule has 0 saturated carbocycles. The number of H-pyrrole nitrogens is 1. The van der Waals surface area contributed by atoms with Crippen molar-refractivity contribution in [1.29, 1.82) is 0 Å². The van der Waals surface area contributed by atoms with Crippen LogP contribution in [0, 0.1) is 0 Å². The summed E-state index contributed by atoms with van der Waals surface area (Å²) in [4.78, 5) is 3.50. The van der Waals surface area contributed by atoms with Crippen molar-refractivity contribution >= 4 is 32.4 Å². The van der Waals surface area contributed by atoms with E-state index in [1.165, 1.54) is 27.7 Å². The first-order chi connectivity index (χ1) is 8.25. The molecule has 0 unspecified atom stereocenters. The number of allylic oxidation sites excluding steroid dienone is 1. The smallest absolute Gasteiger partial charge is 0.0653 e. The first-order valence-electron chi connectivity index (χ1n) is 5.80. The highest BCUT2D eigenvalue weighted by Crippen LogP contribution is 2.31. The van der Waals surface area contributed by atoms with Gasteiger partial charge in [-0.25, -0.2) is 0 Å². The molecule has 0 spiro atoms. The average molecular weight is 292 g/mol. The van der Waals surface area contributed by atoms with Crippen molar-refractivity contribution in [3.05, 3.63) is 40.0 Å². The maximum Gasteiger partial charge on any atom is 0.0653 e. The van der Waals surface area contributed by atoms with Gasteiger partial charge in [0.25, 0.3) is 0 Å². The molecule has 17 heavy (non-hydrogen) atoms. The summed E-state index contributed by atoms with van der Waals surface area (Å²) in [6.07, 6.45) is 3.11. The number of ether oxygens (including phenoxy) is 1. The SMILES string of the molecule is C/C1=C/COCCc2[nH]c3ccc(Br)cc3c21. The van der Waals surface area contributed by atoms with Gasteiger partial charge in [-0.1, -0.05) is 22.0 Å². The Morgan fingerprint density at radius 1 is 1.35 bits per heavy atom. The van der Waals surface area contributed by atoms with Crippen LogP contribution in [0.4, 0.5) is 0 Å². The van der Waals surface area contributed by atoms with E-state index in [-0.39, 0.29) is 0 Å². The van der Waals surface area contributed by atoms with E-state index in [1.54, 1.807) is 0 Å². The predicted molar refractivity (Wildman–Crippen MR) is 74.2 cm³/mol. The fourth-order valence-corrected chi connectivity index (χ4v) is 2.76. The van der Waals surface area contributed by atoms with Crippen LogP contribution < -0.4 is 0 Å². The van der Waals surface area contributed by atoms with E-state index in [9.17, 15) is 0 Å². The minimum atomic E-state index is 0.714. The van der Waals surface area contributed by atoms with Crippen LogP contribution in [0.1, 0.15) is 18.2 Å². The molecule has 0 bridgehead atoms. The molecule has 0 aliphatic carbocycles.